The molecule has 0 aliphatic carbocycles. The zero-order valence-electron chi connectivity index (χ0n) is 12.3. The molecule has 0 spiro atoms. The molecule has 3 nitrogen and oxygen atoms in total. The Morgan fingerprint density at radius 2 is 1.86 bits per heavy atom. The summed E-state index contributed by atoms with van der Waals surface area (Å²) in [6, 6.07) is 11.4. The van der Waals surface area contributed by atoms with Gasteiger partial charge in [0.05, 0.1) is 6.04 Å². The minimum absolute atomic E-state index is 0.00743. The summed E-state index contributed by atoms with van der Waals surface area (Å²) in [7, 11) is 0. The van der Waals surface area contributed by atoms with Gasteiger partial charge in [0.2, 0.25) is 5.91 Å². The summed E-state index contributed by atoms with van der Waals surface area (Å²) >= 11 is 1.61. The van der Waals surface area contributed by atoms with Gasteiger partial charge >= 0.3 is 0 Å². The van der Waals surface area contributed by atoms with E-state index in [1.54, 1.807) is 11.3 Å². The van der Waals surface area contributed by atoms with Gasteiger partial charge in [0.25, 0.3) is 0 Å². The molecular weight excluding hydrogens is 282 g/mol. The van der Waals surface area contributed by atoms with Crippen LogP contribution >= 0.6 is 11.3 Å². The van der Waals surface area contributed by atoms with E-state index in [0.717, 1.165) is 10.4 Å². The molecule has 1 heterocycles. The predicted octanol–water partition coefficient (Wildman–Crippen LogP) is 3.90. The average Bonchev–Trinajstić information content (AvgIpc) is 3.00. The number of amides is 1. The molecule has 2 rings (SSSR count). The quantitative estimate of drug-likeness (QED) is 0.823. The molecule has 1 aromatic heterocycles. The van der Waals surface area contributed by atoms with Crippen molar-refractivity contribution in [3.63, 3.8) is 0 Å². The molecule has 21 heavy (non-hydrogen) atoms. The standard InChI is InChI=1S/C17H19NO2S/c1-12-5-7-14(8-6-12)15(19)9-10-17(20)18-13(2)16-4-3-11-21-16/h3-8,11,13H,9-10H2,1-2H3,(H,18,20). The third kappa shape index (κ3) is 4.53. The van der Waals surface area contributed by atoms with Gasteiger partial charge in [0, 0.05) is 23.3 Å². The Morgan fingerprint density at radius 3 is 2.48 bits per heavy atom. The van der Waals surface area contributed by atoms with Gasteiger partial charge in [-0.15, -0.1) is 11.3 Å². The van der Waals surface area contributed by atoms with Crippen LogP contribution in [0.1, 0.15) is 46.6 Å². The fraction of sp³-hybridized carbons (Fsp3) is 0.294. The Balaban J connectivity index is 1.81. The van der Waals surface area contributed by atoms with Gasteiger partial charge < -0.3 is 5.32 Å². The number of rotatable bonds is 6. The highest BCUT2D eigenvalue weighted by atomic mass is 32.1. The summed E-state index contributed by atoms with van der Waals surface area (Å²) < 4.78 is 0. The number of hydrogen-bond acceptors (Lipinski definition) is 3. The zero-order chi connectivity index (χ0) is 15.2. The molecule has 0 aliphatic heterocycles. The van der Waals surface area contributed by atoms with E-state index in [4.69, 9.17) is 0 Å². The van der Waals surface area contributed by atoms with E-state index in [9.17, 15) is 9.59 Å². The lowest BCUT2D eigenvalue weighted by Crippen LogP contribution is -2.26. The number of nitrogens with one attached hydrogen (secondary N) is 1. The lowest BCUT2D eigenvalue weighted by atomic mass is 10.0. The molecule has 1 unspecified atom stereocenters. The zero-order valence-corrected chi connectivity index (χ0v) is 13.1. The lowest BCUT2D eigenvalue weighted by Gasteiger charge is -2.11. The molecular formula is C17H19NO2S. The van der Waals surface area contributed by atoms with Crippen molar-refractivity contribution in [3.05, 3.63) is 57.8 Å². The van der Waals surface area contributed by atoms with Gasteiger partial charge in [-0.1, -0.05) is 35.9 Å². The Kier molecular flexibility index (Phi) is 5.28. The maximum absolute atomic E-state index is 12.0. The third-order valence-corrected chi connectivity index (χ3v) is 4.36. The minimum atomic E-state index is -0.0867. The van der Waals surface area contributed by atoms with E-state index in [1.165, 1.54) is 0 Å². The number of aryl methyl sites for hydroxylation is 1. The second-order valence-electron chi connectivity index (χ2n) is 5.09. The number of Topliss-reactive ketones (excluding diaryl/α,β-unsaturated/α-hetero) is 1. The molecule has 1 atom stereocenters. The van der Waals surface area contributed by atoms with Crippen LogP contribution in [0.15, 0.2) is 41.8 Å². The Hall–Kier alpha value is -1.94. The van der Waals surface area contributed by atoms with Crippen LogP contribution in [-0.4, -0.2) is 11.7 Å². The molecule has 110 valence electrons. The largest absolute Gasteiger partial charge is 0.349 e. The number of carbonyl (C=O) groups is 2. The number of thiophene rings is 1. The normalized spacial score (nSPS) is 11.9. The van der Waals surface area contributed by atoms with E-state index >= 15 is 0 Å². The minimum Gasteiger partial charge on any atom is -0.349 e. The first-order chi connectivity index (χ1) is 10.1. The highest BCUT2D eigenvalue weighted by molar-refractivity contribution is 7.10. The smallest absolute Gasteiger partial charge is 0.220 e. The summed E-state index contributed by atoms with van der Waals surface area (Å²) in [4.78, 5) is 25.0. The molecule has 0 saturated heterocycles. The number of ketones is 1. The third-order valence-electron chi connectivity index (χ3n) is 3.30. The van der Waals surface area contributed by atoms with Crippen molar-refractivity contribution in [3.8, 4) is 0 Å². The van der Waals surface area contributed by atoms with Gasteiger partial charge in [0.15, 0.2) is 5.78 Å². The Morgan fingerprint density at radius 1 is 1.14 bits per heavy atom. The lowest BCUT2D eigenvalue weighted by molar-refractivity contribution is -0.121. The van der Waals surface area contributed by atoms with Crippen molar-refractivity contribution in [2.75, 3.05) is 0 Å². The predicted molar refractivity (Wildman–Crippen MR) is 85.6 cm³/mol. The van der Waals surface area contributed by atoms with E-state index in [1.807, 2.05) is 55.6 Å². The maximum Gasteiger partial charge on any atom is 0.220 e. The number of carbonyl (C=O) groups excluding carboxylic acids is 2. The van der Waals surface area contributed by atoms with Crippen molar-refractivity contribution in [2.24, 2.45) is 0 Å². The first-order valence-electron chi connectivity index (χ1n) is 6.99. The summed E-state index contributed by atoms with van der Waals surface area (Å²) in [6.45, 7) is 3.93. The molecule has 0 fully saturated rings. The molecule has 1 amide bonds. The first kappa shape index (κ1) is 15.4. The van der Waals surface area contributed by atoms with Gasteiger partial charge in [0.1, 0.15) is 0 Å². The highest BCUT2D eigenvalue weighted by Gasteiger charge is 2.12. The average molecular weight is 301 g/mol. The number of benzene rings is 1. The second kappa shape index (κ2) is 7.18. The van der Waals surface area contributed by atoms with E-state index < -0.39 is 0 Å². The SMILES string of the molecule is Cc1ccc(C(=O)CCC(=O)NC(C)c2cccs2)cc1. The molecule has 0 bridgehead atoms. The summed E-state index contributed by atoms with van der Waals surface area (Å²) in [5, 5.41) is 4.90. The summed E-state index contributed by atoms with van der Waals surface area (Å²) in [5.41, 5.74) is 1.79. The second-order valence-corrected chi connectivity index (χ2v) is 6.07. The number of hydrogen-bond donors (Lipinski definition) is 1. The van der Waals surface area contributed by atoms with E-state index in [-0.39, 0.29) is 30.6 Å². The summed E-state index contributed by atoms with van der Waals surface area (Å²) in [6.07, 6.45) is 0.467. The van der Waals surface area contributed by atoms with E-state index in [0.29, 0.717) is 5.56 Å². The van der Waals surface area contributed by atoms with Crippen molar-refractivity contribution >= 4 is 23.0 Å². The fourth-order valence-corrected chi connectivity index (χ4v) is 2.77. The molecule has 1 aromatic carbocycles. The van der Waals surface area contributed by atoms with Crippen molar-refractivity contribution in [2.45, 2.75) is 32.7 Å². The van der Waals surface area contributed by atoms with E-state index in [2.05, 4.69) is 5.32 Å². The van der Waals surface area contributed by atoms with Gasteiger partial charge in [-0.2, -0.15) is 0 Å². The molecule has 4 heteroatoms. The van der Waals surface area contributed by atoms with Crippen LogP contribution in [0.5, 0.6) is 0 Å². The molecule has 0 aliphatic rings. The van der Waals surface area contributed by atoms with Crippen LogP contribution in [0.2, 0.25) is 0 Å². The van der Waals surface area contributed by atoms with Gasteiger partial charge in [-0.05, 0) is 25.3 Å². The molecule has 0 saturated carbocycles. The molecule has 0 radical (unpaired) electrons. The van der Waals surface area contributed by atoms with Crippen LogP contribution in [0, 0.1) is 6.92 Å². The van der Waals surface area contributed by atoms with Gasteiger partial charge in [-0.25, -0.2) is 0 Å². The van der Waals surface area contributed by atoms with Gasteiger partial charge in [-0.3, -0.25) is 9.59 Å². The first-order valence-corrected chi connectivity index (χ1v) is 7.87. The monoisotopic (exact) mass is 301 g/mol. The summed E-state index contributed by atoms with van der Waals surface area (Å²) in [5.74, 6) is -0.0784. The maximum atomic E-state index is 12.0. The fourth-order valence-electron chi connectivity index (χ4n) is 2.03. The highest BCUT2D eigenvalue weighted by Crippen LogP contribution is 2.18. The Bertz CT molecular complexity index is 602. The topological polar surface area (TPSA) is 46.2 Å². The van der Waals surface area contributed by atoms with Crippen LogP contribution in [-0.2, 0) is 4.79 Å². The van der Waals surface area contributed by atoms with Crippen LogP contribution in [0.3, 0.4) is 0 Å². The van der Waals surface area contributed by atoms with Crippen molar-refractivity contribution < 1.29 is 9.59 Å². The van der Waals surface area contributed by atoms with Crippen molar-refractivity contribution in [1.29, 1.82) is 0 Å². The van der Waals surface area contributed by atoms with Crippen LogP contribution in [0.4, 0.5) is 0 Å². The molecule has 2 aromatic rings. The van der Waals surface area contributed by atoms with Crippen LogP contribution < -0.4 is 5.32 Å². The van der Waals surface area contributed by atoms with Crippen LogP contribution in [0.25, 0.3) is 0 Å². The molecule has 1 N–H and O–H groups in total. The van der Waals surface area contributed by atoms with Crippen molar-refractivity contribution in [1.82, 2.24) is 5.32 Å². The Labute approximate surface area is 129 Å².